The molecule has 2 aromatic heterocycles. The van der Waals surface area contributed by atoms with E-state index in [1.165, 1.54) is 11.3 Å². The van der Waals surface area contributed by atoms with Gasteiger partial charge in [-0.1, -0.05) is 23.8 Å². The van der Waals surface area contributed by atoms with E-state index < -0.39 is 22.7 Å². The lowest BCUT2D eigenvalue weighted by molar-refractivity contribution is -0.141. The Labute approximate surface area is 156 Å². The zero-order chi connectivity index (χ0) is 18.9. The number of rotatable bonds is 3. The summed E-state index contributed by atoms with van der Waals surface area (Å²) in [6, 6.07) is 10.2. The Balaban J connectivity index is 2.20. The number of nitrogens with zero attached hydrogens (tertiary/aromatic N) is 4. The SMILES string of the molecule is Cc1ccc(N=Nc2c(-c3cccs3)nn(C(N)=S)c2C(F)(F)F)cc1. The van der Waals surface area contributed by atoms with Crippen LogP contribution in [0, 0.1) is 6.92 Å². The van der Waals surface area contributed by atoms with Gasteiger partial charge in [-0.3, -0.25) is 0 Å². The molecule has 0 spiro atoms. The largest absolute Gasteiger partial charge is 0.435 e. The summed E-state index contributed by atoms with van der Waals surface area (Å²) in [4.78, 5) is 0.503. The molecule has 3 rings (SSSR count). The number of nitrogens with two attached hydrogens (primary N) is 1. The van der Waals surface area contributed by atoms with E-state index >= 15 is 0 Å². The number of alkyl halides is 3. The number of azo groups is 1. The first kappa shape index (κ1) is 18.2. The lowest BCUT2D eigenvalue weighted by Crippen LogP contribution is -2.26. The quantitative estimate of drug-likeness (QED) is 0.474. The maximum absolute atomic E-state index is 13.6. The zero-order valence-electron chi connectivity index (χ0n) is 13.4. The highest BCUT2D eigenvalue weighted by molar-refractivity contribution is 7.80. The lowest BCUT2D eigenvalue weighted by Gasteiger charge is -2.08. The standard InChI is InChI=1S/C16H12F3N5S2/c1-9-4-6-10(7-5-9)21-22-13-12(11-3-2-8-26-11)23-24(15(20)25)14(13)16(17,18)19/h2-8H,1H3,(H2,20,25). The van der Waals surface area contributed by atoms with Crippen LogP contribution in [0.3, 0.4) is 0 Å². The Hall–Kier alpha value is -2.59. The molecular formula is C16H12F3N5S2. The van der Waals surface area contributed by atoms with Crippen molar-refractivity contribution in [1.82, 2.24) is 9.78 Å². The molecule has 0 aliphatic carbocycles. The van der Waals surface area contributed by atoms with Crippen LogP contribution in [0.15, 0.2) is 52.0 Å². The number of aryl methyl sites for hydroxylation is 1. The summed E-state index contributed by atoms with van der Waals surface area (Å²) in [5, 5.41) is 12.9. The molecule has 0 aliphatic heterocycles. The summed E-state index contributed by atoms with van der Waals surface area (Å²) in [7, 11) is 0. The topological polar surface area (TPSA) is 68.6 Å². The molecule has 1 aromatic carbocycles. The highest BCUT2D eigenvalue weighted by Gasteiger charge is 2.41. The summed E-state index contributed by atoms with van der Waals surface area (Å²) in [6.07, 6.45) is -4.76. The number of benzene rings is 1. The summed E-state index contributed by atoms with van der Waals surface area (Å²) in [5.41, 5.74) is 5.31. The number of halogens is 3. The Morgan fingerprint density at radius 3 is 2.42 bits per heavy atom. The second kappa shape index (κ2) is 6.96. The first-order chi connectivity index (χ1) is 12.3. The summed E-state index contributed by atoms with van der Waals surface area (Å²) < 4.78 is 41.4. The minimum atomic E-state index is -4.76. The van der Waals surface area contributed by atoms with E-state index in [-0.39, 0.29) is 5.69 Å². The molecule has 0 unspecified atom stereocenters. The van der Waals surface area contributed by atoms with Crippen molar-refractivity contribution in [2.45, 2.75) is 13.1 Å². The smallest absolute Gasteiger partial charge is 0.374 e. The molecule has 0 saturated heterocycles. The first-order valence-electron chi connectivity index (χ1n) is 7.29. The van der Waals surface area contributed by atoms with Gasteiger partial charge in [0.25, 0.3) is 0 Å². The fourth-order valence-corrected chi connectivity index (χ4v) is 3.06. The van der Waals surface area contributed by atoms with E-state index in [1.54, 1.807) is 41.8 Å². The fraction of sp³-hybridized carbons (Fsp3) is 0.125. The van der Waals surface area contributed by atoms with Crippen LogP contribution in [0.4, 0.5) is 24.5 Å². The van der Waals surface area contributed by atoms with Crippen LogP contribution in [0.25, 0.3) is 10.6 Å². The molecule has 5 nitrogen and oxygen atoms in total. The number of aromatic nitrogens is 2. The Kier molecular flexibility index (Phi) is 4.88. The highest BCUT2D eigenvalue weighted by Crippen LogP contribution is 2.43. The van der Waals surface area contributed by atoms with Crippen molar-refractivity contribution in [2.24, 2.45) is 16.0 Å². The second-order valence-corrected chi connectivity index (χ2v) is 6.67. The maximum atomic E-state index is 13.6. The predicted octanol–water partition coefficient (Wildman–Crippen LogP) is 5.45. The molecule has 2 heterocycles. The number of hydrogen-bond donors (Lipinski definition) is 1. The minimum absolute atomic E-state index is 0.0241. The molecule has 0 radical (unpaired) electrons. The molecule has 26 heavy (non-hydrogen) atoms. The maximum Gasteiger partial charge on any atom is 0.435 e. The second-order valence-electron chi connectivity index (χ2n) is 5.31. The molecule has 134 valence electrons. The van der Waals surface area contributed by atoms with E-state index in [0.717, 1.165) is 5.56 Å². The van der Waals surface area contributed by atoms with Gasteiger partial charge in [-0.05, 0) is 42.7 Å². The van der Waals surface area contributed by atoms with Gasteiger partial charge in [0.05, 0.1) is 10.6 Å². The normalized spacial score (nSPS) is 12.0. The van der Waals surface area contributed by atoms with Gasteiger partial charge in [-0.15, -0.1) is 16.5 Å². The van der Waals surface area contributed by atoms with Crippen LogP contribution < -0.4 is 5.73 Å². The van der Waals surface area contributed by atoms with Gasteiger partial charge in [0.15, 0.2) is 10.8 Å². The highest BCUT2D eigenvalue weighted by atomic mass is 32.1. The monoisotopic (exact) mass is 395 g/mol. The Morgan fingerprint density at radius 2 is 1.88 bits per heavy atom. The van der Waals surface area contributed by atoms with E-state index in [2.05, 4.69) is 15.3 Å². The Bertz CT molecular complexity index is 957. The van der Waals surface area contributed by atoms with Crippen LogP contribution in [0.5, 0.6) is 0 Å². The van der Waals surface area contributed by atoms with Crippen LogP contribution in [0.1, 0.15) is 11.3 Å². The van der Waals surface area contributed by atoms with E-state index in [4.69, 9.17) is 18.0 Å². The van der Waals surface area contributed by atoms with Crippen molar-refractivity contribution in [3.05, 3.63) is 53.0 Å². The molecule has 0 atom stereocenters. The van der Waals surface area contributed by atoms with Crippen molar-refractivity contribution >= 4 is 40.0 Å². The van der Waals surface area contributed by atoms with E-state index in [9.17, 15) is 13.2 Å². The molecule has 0 saturated carbocycles. The minimum Gasteiger partial charge on any atom is -0.374 e. The van der Waals surface area contributed by atoms with Gasteiger partial charge < -0.3 is 5.73 Å². The summed E-state index contributed by atoms with van der Waals surface area (Å²) >= 11 is 5.95. The number of thiophene rings is 1. The summed E-state index contributed by atoms with van der Waals surface area (Å²) in [5.74, 6) is 0. The van der Waals surface area contributed by atoms with E-state index in [0.29, 0.717) is 15.2 Å². The van der Waals surface area contributed by atoms with Crippen molar-refractivity contribution in [3.63, 3.8) is 0 Å². The van der Waals surface area contributed by atoms with Gasteiger partial charge in [0, 0.05) is 0 Å². The lowest BCUT2D eigenvalue weighted by atomic mass is 10.2. The van der Waals surface area contributed by atoms with Gasteiger partial charge >= 0.3 is 6.18 Å². The van der Waals surface area contributed by atoms with Gasteiger partial charge in [0.2, 0.25) is 0 Å². The van der Waals surface area contributed by atoms with Gasteiger partial charge in [-0.25, -0.2) is 0 Å². The first-order valence-corrected chi connectivity index (χ1v) is 8.58. The van der Waals surface area contributed by atoms with Crippen LogP contribution >= 0.6 is 23.6 Å². The van der Waals surface area contributed by atoms with Crippen LogP contribution in [-0.2, 0) is 6.18 Å². The van der Waals surface area contributed by atoms with Crippen molar-refractivity contribution in [2.75, 3.05) is 0 Å². The fourth-order valence-electron chi connectivity index (χ4n) is 2.22. The average Bonchev–Trinajstić information content (AvgIpc) is 3.21. The third-order valence-electron chi connectivity index (χ3n) is 3.39. The molecule has 0 fully saturated rings. The van der Waals surface area contributed by atoms with Crippen molar-refractivity contribution in [3.8, 4) is 10.6 Å². The molecular weight excluding hydrogens is 383 g/mol. The molecule has 2 N–H and O–H groups in total. The van der Waals surface area contributed by atoms with E-state index in [1.807, 2.05) is 6.92 Å². The molecule has 3 aromatic rings. The van der Waals surface area contributed by atoms with Crippen molar-refractivity contribution in [1.29, 1.82) is 0 Å². The van der Waals surface area contributed by atoms with Crippen LogP contribution in [0.2, 0.25) is 0 Å². The number of thiocarbonyl (C=S) groups is 1. The third kappa shape index (κ3) is 3.65. The summed E-state index contributed by atoms with van der Waals surface area (Å²) in [6.45, 7) is 1.89. The van der Waals surface area contributed by atoms with Crippen molar-refractivity contribution < 1.29 is 13.2 Å². The zero-order valence-corrected chi connectivity index (χ0v) is 15.0. The number of hydrogen-bond acceptors (Lipinski definition) is 5. The Morgan fingerprint density at radius 1 is 1.19 bits per heavy atom. The average molecular weight is 395 g/mol. The van der Waals surface area contributed by atoms with Gasteiger partial charge in [0.1, 0.15) is 11.4 Å². The molecule has 0 bridgehead atoms. The predicted molar refractivity (Wildman–Crippen MR) is 98.1 cm³/mol. The molecule has 10 heteroatoms. The van der Waals surface area contributed by atoms with Crippen LogP contribution in [-0.4, -0.2) is 14.9 Å². The van der Waals surface area contributed by atoms with Gasteiger partial charge in [-0.2, -0.15) is 28.1 Å². The molecule has 0 aliphatic rings. The molecule has 0 amide bonds. The third-order valence-corrected chi connectivity index (χ3v) is 4.44.